The lowest BCUT2D eigenvalue weighted by Gasteiger charge is -2.22. The first-order valence-electron chi connectivity index (χ1n) is 8.69. The van der Waals surface area contributed by atoms with Gasteiger partial charge in [0.15, 0.2) is 5.17 Å². The van der Waals surface area contributed by atoms with E-state index in [1.807, 2.05) is 30.3 Å². The number of nitrogens with zero attached hydrogens (tertiary/aromatic N) is 3. The van der Waals surface area contributed by atoms with Gasteiger partial charge in [-0.05, 0) is 42.5 Å². The molecule has 2 aromatic rings. The number of amidine groups is 1. The Labute approximate surface area is 181 Å². The van der Waals surface area contributed by atoms with Crippen LogP contribution in [0.3, 0.4) is 0 Å². The second kappa shape index (κ2) is 8.87. The number of hydrogen-bond donors (Lipinski definition) is 0. The van der Waals surface area contributed by atoms with E-state index in [9.17, 15) is 9.59 Å². The van der Waals surface area contributed by atoms with Gasteiger partial charge in [-0.3, -0.25) is 14.5 Å². The maximum atomic E-state index is 12.4. The summed E-state index contributed by atoms with van der Waals surface area (Å²) in [5.41, 5.74) is 1.39. The first kappa shape index (κ1) is 21.2. The molecule has 0 N–H and O–H groups in total. The summed E-state index contributed by atoms with van der Waals surface area (Å²) in [5.74, 6) is 0.778. The molecule has 0 radical (unpaired) electrons. The van der Waals surface area contributed by atoms with E-state index in [1.54, 1.807) is 26.4 Å². The number of carbonyl (C=O) groups is 2. The summed E-state index contributed by atoms with van der Waals surface area (Å²) in [6.07, 6.45) is 0. The number of methoxy groups -OCH3 is 2. The molecule has 1 atom stereocenters. The fourth-order valence-corrected chi connectivity index (χ4v) is 4.44. The topological polar surface area (TPSA) is 71.4 Å². The Morgan fingerprint density at radius 1 is 1.10 bits per heavy atom. The van der Waals surface area contributed by atoms with Crippen molar-refractivity contribution in [3.63, 3.8) is 0 Å². The molecule has 0 aromatic heterocycles. The van der Waals surface area contributed by atoms with Crippen molar-refractivity contribution in [2.75, 3.05) is 19.1 Å². The van der Waals surface area contributed by atoms with Gasteiger partial charge in [0.25, 0.3) is 0 Å². The molecular formula is C20H20BrN3O4S. The van der Waals surface area contributed by atoms with Crippen LogP contribution in [0.2, 0.25) is 0 Å². The molecule has 0 saturated heterocycles. The van der Waals surface area contributed by atoms with Crippen LogP contribution in [0.1, 0.15) is 24.8 Å². The highest BCUT2D eigenvalue weighted by atomic mass is 79.9. The number of halogens is 1. The molecular weight excluding hydrogens is 458 g/mol. The third-order valence-corrected chi connectivity index (χ3v) is 5.93. The zero-order chi connectivity index (χ0) is 21.1. The Kier molecular flexibility index (Phi) is 6.49. The number of ether oxygens (including phenoxy) is 2. The summed E-state index contributed by atoms with van der Waals surface area (Å²) in [7, 11) is 3.14. The van der Waals surface area contributed by atoms with Crippen molar-refractivity contribution >= 4 is 50.4 Å². The second-order valence-electron chi connectivity index (χ2n) is 6.16. The molecule has 1 unspecified atom stereocenters. The highest BCUT2D eigenvalue weighted by Crippen LogP contribution is 2.45. The van der Waals surface area contributed by atoms with E-state index in [2.05, 4.69) is 21.0 Å². The molecule has 0 spiro atoms. The maximum Gasteiger partial charge on any atom is 0.241 e. The van der Waals surface area contributed by atoms with Crippen LogP contribution in [0.25, 0.3) is 0 Å². The standard InChI is InChI=1S/C20H20BrN3O4S/c1-12(25)23(15-7-5-14(21)6-8-15)20-22-24(13(2)26)19(29-20)17-11-16(27-3)9-10-18(17)28-4/h5-11,19H,1-4H3. The van der Waals surface area contributed by atoms with E-state index in [1.165, 1.54) is 35.5 Å². The minimum Gasteiger partial charge on any atom is -0.497 e. The number of carbonyl (C=O) groups excluding carboxylic acids is 2. The number of hydrogen-bond acceptors (Lipinski definition) is 6. The summed E-state index contributed by atoms with van der Waals surface area (Å²) in [5, 5.41) is 5.72. The first-order chi connectivity index (χ1) is 13.8. The van der Waals surface area contributed by atoms with Gasteiger partial charge < -0.3 is 9.47 Å². The van der Waals surface area contributed by atoms with Crippen LogP contribution in [0, 0.1) is 0 Å². The molecule has 2 aromatic carbocycles. The van der Waals surface area contributed by atoms with Crippen molar-refractivity contribution in [1.29, 1.82) is 0 Å². The molecule has 29 heavy (non-hydrogen) atoms. The monoisotopic (exact) mass is 477 g/mol. The first-order valence-corrected chi connectivity index (χ1v) is 10.4. The molecule has 0 bridgehead atoms. The average Bonchev–Trinajstić information content (AvgIpc) is 3.13. The largest absolute Gasteiger partial charge is 0.497 e. The van der Waals surface area contributed by atoms with Gasteiger partial charge in [-0.1, -0.05) is 27.7 Å². The molecule has 1 aliphatic rings. The summed E-state index contributed by atoms with van der Waals surface area (Å²) >= 11 is 4.69. The van der Waals surface area contributed by atoms with Crippen LogP contribution in [0.4, 0.5) is 5.69 Å². The molecule has 0 fully saturated rings. The van der Waals surface area contributed by atoms with Gasteiger partial charge in [-0.15, -0.1) is 5.10 Å². The Morgan fingerprint density at radius 3 is 2.34 bits per heavy atom. The zero-order valence-corrected chi connectivity index (χ0v) is 18.8. The van der Waals surface area contributed by atoms with E-state index < -0.39 is 5.37 Å². The summed E-state index contributed by atoms with van der Waals surface area (Å²) in [6, 6.07) is 12.7. The Balaban J connectivity index is 2.03. The molecule has 0 saturated carbocycles. The number of rotatable bonds is 4. The molecule has 9 heteroatoms. The average molecular weight is 478 g/mol. The van der Waals surface area contributed by atoms with Crippen LogP contribution in [0.5, 0.6) is 11.5 Å². The van der Waals surface area contributed by atoms with Gasteiger partial charge >= 0.3 is 0 Å². The van der Waals surface area contributed by atoms with Crippen LogP contribution in [0.15, 0.2) is 52.0 Å². The van der Waals surface area contributed by atoms with Crippen molar-refractivity contribution < 1.29 is 19.1 Å². The van der Waals surface area contributed by atoms with E-state index in [0.29, 0.717) is 22.4 Å². The summed E-state index contributed by atoms with van der Waals surface area (Å²) in [4.78, 5) is 26.2. The second-order valence-corrected chi connectivity index (χ2v) is 8.12. The van der Waals surface area contributed by atoms with Gasteiger partial charge in [-0.25, -0.2) is 5.01 Å². The predicted molar refractivity (Wildman–Crippen MR) is 117 cm³/mol. The molecule has 1 aliphatic heterocycles. The quantitative estimate of drug-likeness (QED) is 0.652. The lowest BCUT2D eigenvalue weighted by Crippen LogP contribution is -2.32. The highest BCUT2D eigenvalue weighted by Gasteiger charge is 2.37. The van der Waals surface area contributed by atoms with Crippen molar-refractivity contribution in [3.05, 3.63) is 52.5 Å². The summed E-state index contributed by atoms with van der Waals surface area (Å²) < 4.78 is 11.7. The molecule has 152 valence electrons. The number of amides is 2. The number of hydrazone groups is 1. The van der Waals surface area contributed by atoms with Gasteiger partial charge in [0.2, 0.25) is 11.8 Å². The van der Waals surface area contributed by atoms with Crippen LogP contribution in [-0.4, -0.2) is 36.2 Å². The zero-order valence-electron chi connectivity index (χ0n) is 16.4. The van der Waals surface area contributed by atoms with Gasteiger partial charge in [0.1, 0.15) is 16.9 Å². The fourth-order valence-electron chi connectivity index (χ4n) is 2.90. The Morgan fingerprint density at radius 2 is 1.79 bits per heavy atom. The summed E-state index contributed by atoms with van der Waals surface area (Å²) in [6.45, 7) is 2.90. The van der Waals surface area contributed by atoms with E-state index in [0.717, 1.165) is 10.0 Å². The predicted octanol–water partition coefficient (Wildman–Crippen LogP) is 4.38. The van der Waals surface area contributed by atoms with Crippen molar-refractivity contribution in [3.8, 4) is 11.5 Å². The smallest absolute Gasteiger partial charge is 0.241 e. The van der Waals surface area contributed by atoms with Crippen molar-refractivity contribution in [2.45, 2.75) is 19.2 Å². The number of anilines is 1. The molecule has 0 aliphatic carbocycles. The fraction of sp³-hybridized carbons (Fsp3) is 0.250. The van der Waals surface area contributed by atoms with E-state index >= 15 is 0 Å². The van der Waals surface area contributed by atoms with Crippen molar-refractivity contribution in [1.82, 2.24) is 5.01 Å². The SMILES string of the molecule is COc1ccc(OC)c(C2SC(N(C(C)=O)c3ccc(Br)cc3)=NN2C(C)=O)c1. The minimum atomic E-state index is -0.496. The third kappa shape index (κ3) is 4.40. The number of benzene rings is 2. The highest BCUT2D eigenvalue weighted by molar-refractivity contribution is 9.10. The van der Waals surface area contributed by atoms with Crippen LogP contribution >= 0.6 is 27.7 Å². The Bertz CT molecular complexity index is 965. The van der Waals surface area contributed by atoms with E-state index in [4.69, 9.17) is 9.47 Å². The van der Waals surface area contributed by atoms with Gasteiger partial charge in [-0.2, -0.15) is 0 Å². The third-order valence-electron chi connectivity index (χ3n) is 4.25. The molecule has 2 amide bonds. The normalized spacial score (nSPS) is 15.7. The molecule has 1 heterocycles. The maximum absolute atomic E-state index is 12.4. The lowest BCUT2D eigenvalue weighted by molar-refractivity contribution is -0.129. The minimum absolute atomic E-state index is 0.208. The van der Waals surface area contributed by atoms with Gasteiger partial charge in [0, 0.05) is 23.9 Å². The van der Waals surface area contributed by atoms with Crippen LogP contribution in [-0.2, 0) is 9.59 Å². The van der Waals surface area contributed by atoms with E-state index in [-0.39, 0.29) is 11.8 Å². The number of thioether (sulfide) groups is 1. The lowest BCUT2D eigenvalue weighted by atomic mass is 10.1. The van der Waals surface area contributed by atoms with Crippen LogP contribution < -0.4 is 14.4 Å². The molecule has 3 rings (SSSR count). The Hall–Kier alpha value is -2.52. The van der Waals surface area contributed by atoms with Crippen molar-refractivity contribution in [2.24, 2.45) is 5.10 Å². The van der Waals surface area contributed by atoms with Gasteiger partial charge in [0.05, 0.1) is 19.9 Å². The molecule has 7 nitrogen and oxygen atoms in total.